The van der Waals surface area contributed by atoms with Crippen molar-refractivity contribution in [1.29, 1.82) is 0 Å². The summed E-state index contributed by atoms with van der Waals surface area (Å²) in [5.41, 5.74) is -0.0451. The molecule has 6 fully saturated rings. The predicted octanol–water partition coefficient (Wildman–Crippen LogP) is 3.93. The highest BCUT2D eigenvalue weighted by Crippen LogP contribution is 2.60. The summed E-state index contributed by atoms with van der Waals surface area (Å²) in [7, 11) is 0. The van der Waals surface area contributed by atoms with Gasteiger partial charge in [-0.05, 0) is 93.8 Å². The van der Waals surface area contributed by atoms with Crippen molar-refractivity contribution >= 4 is 5.97 Å². The third-order valence-electron chi connectivity index (χ3n) is 7.40. The molecule has 6 aliphatic rings. The van der Waals surface area contributed by atoms with Crippen molar-refractivity contribution in [2.45, 2.75) is 70.3 Å². The van der Waals surface area contributed by atoms with Crippen LogP contribution in [0.25, 0.3) is 0 Å². The minimum atomic E-state index is -0.0451. The van der Waals surface area contributed by atoms with E-state index in [0.717, 1.165) is 42.9 Å². The lowest BCUT2D eigenvalue weighted by molar-refractivity contribution is -0.179. The van der Waals surface area contributed by atoms with Crippen molar-refractivity contribution in [2.75, 3.05) is 0 Å². The molecule has 0 aromatic rings. The molecule has 0 amide bonds. The van der Waals surface area contributed by atoms with Crippen molar-refractivity contribution in [1.82, 2.24) is 0 Å². The Kier molecular flexibility index (Phi) is 2.42. The normalized spacial score (nSPS) is 55.4. The van der Waals surface area contributed by atoms with Crippen molar-refractivity contribution < 1.29 is 9.53 Å². The van der Waals surface area contributed by atoms with Gasteiger partial charge in [-0.1, -0.05) is 0 Å². The SMILES string of the molecule is O=C(OC1CC2CCC1C2)C12CC3CC(CC(C3)C1)C2. The van der Waals surface area contributed by atoms with Crippen LogP contribution in [0.3, 0.4) is 0 Å². The Hall–Kier alpha value is -0.530. The Balaban J connectivity index is 1.33. The van der Waals surface area contributed by atoms with Gasteiger partial charge in [0.2, 0.25) is 0 Å². The average Bonchev–Trinajstić information content (AvgIpc) is 2.99. The van der Waals surface area contributed by atoms with E-state index in [2.05, 4.69) is 0 Å². The predicted molar refractivity (Wildman–Crippen MR) is 75.9 cm³/mol. The van der Waals surface area contributed by atoms with E-state index in [1.807, 2.05) is 0 Å². The fourth-order valence-electron chi connectivity index (χ4n) is 6.95. The highest BCUT2D eigenvalue weighted by Gasteiger charge is 2.56. The van der Waals surface area contributed by atoms with Gasteiger partial charge in [0.05, 0.1) is 5.41 Å². The number of carbonyl (C=O) groups is 1. The number of hydrogen-bond donors (Lipinski definition) is 0. The Bertz CT molecular complexity index is 405. The molecular weight excluding hydrogens is 248 g/mol. The van der Waals surface area contributed by atoms with Gasteiger partial charge in [-0.3, -0.25) is 4.79 Å². The molecule has 3 atom stereocenters. The van der Waals surface area contributed by atoms with E-state index in [9.17, 15) is 4.79 Å². The van der Waals surface area contributed by atoms with Gasteiger partial charge in [-0.15, -0.1) is 0 Å². The summed E-state index contributed by atoms with van der Waals surface area (Å²) >= 11 is 0. The molecule has 110 valence electrons. The van der Waals surface area contributed by atoms with Gasteiger partial charge in [0, 0.05) is 0 Å². The Morgan fingerprint density at radius 3 is 1.95 bits per heavy atom. The van der Waals surface area contributed by atoms with E-state index >= 15 is 0 Å². The zero-order chi connectivity index (χ0) is 13.3. The van der Waals surface area contributed by atoms with Gasteiger partial charge in [-0.25, -0.2) is 0 Å². The highest BCUT2D eigenvalue weighted by atomic mass is 16.5. The lowest BCUT2D eigenvalue weighted by atomic mass is 9.49. The zero-order valence-corrected chi connectivity index (χ0v) is 12.4. The van der Waals surface area contributed by atoms with Crippen molar-refractivity contribution in [3.8, 4) is 0 Å². The smallest absolute Gasteiger partial charge is 0.312 e. The molecule has 2 nitrogen and oxygen atoms in total. The van der Waals surface area contributed by atoms with Gasteiger partial charge in [0.1, 0.15) is 6.10 Å². The Morgan fingerprint density at radius 2 is 1.45 bits per heavy atom. The fourth-order valence-corrected chi connectivity index (χ4v) is 6.95. The topological polar surface area (TPSA) is 26.3 Å². The molecule has 6 bridgehead atoms. The van der Waals surface area contributed by atoms with Gasteiger partial charge in [0.15, 0.2) is 0 Å². The molecule has 3 unspecified atom stereocenters. The summed E-state index contributed by atoms with van der Waals surface area (Å²) in [6.45, 7) is 0. The van der Waals surface area contributed by atoms with Gasteiger partial charge >= 0.3 is 5.97 Å². The first-order valence-electron chi connectivity index (χ1n) is 8.91. The molecule has 0 aromatic heterocycles. The number of esters is 1. The largest absolute Gasteiger partial charge is 0.462 e. The Morgan fingerprint density at radius 1 is 0.800 bits per heavy atom. The molecule has 0 radical (unpaired) electrons. The molecule has 0 saturated heterocycles. The van der Waals surface area contributed by atoms with Crippen molar-refractivity contribution in [2.24, 2.45) is 35.0 Å². The summed E-state index contributed by atoms with van der Waals surface area (Å²) in [4.78, 5) is 12.9. The second-order valence-corrected chi connectivity index (χ2v) is 8.82. The average molecular weight is 274 g/mol. The van der Waals surface area contributed by atoms with E-state index < -0.39 is 0 Å². The van der Waals surface area contributed by atoms with Crippen LogP contribution in [0.2, 0.25) is 0 Å². The number of fused-ring (bicyclic) bond motifs is 2. The van der Waals surface area contributed by atoms with E-state index in [1.54, 1.807) is 0 Å². The second kappa shape index (κ2) is 4.01. The van der Waals surface area contributed by atoms with Crippen LogP contribution in [-0.2, 0) is 9.53 Å². The second-order valence-electron chi connectivity index (χ2n) is 8.82. The maximum Gasteiger partial charge on any atom is 0.312 e. The van der Waals surface area contributed by atoms with E-state index in [0.29, 0.717) is 5.92 Å². The van der Waals surface area contributed by atoms with Crippen LogP contribution in [0.15, 0.2) is 0 Å². The van der Waals surface area contributed by atoms with Crippen molar-refractivity contribution in [3.05, 3.63) is 0 Å². The number of ether oxygens (including phenoxy) is 1. The van der Waals surface area contributed by atoms with E-state index in [4.69, 9.17) is 4.74 Å². The Labute approximate surface area is 121 Å². The van der Waals surface area contributed by atoms with Crippen LogP contribution in [0.4, 0.5) is 0 Å². The number of rotatable bonds is 2. The molecular formula is C18H26O2. The molecule has 0 N–H and O–H groups in total. The molecule has 0 spiro atoms. The number of carbonyl (C=O) groups excluding carboxylic acids is 1. The summed E-state index contributed by atoms with van der Waals surface area (Å²) in [5, 5.41) is 0. The third-order valence-corrected chi connectivity index (χ3v) is 7.40. The molecule has 0 aromatic carbocycles. The molecule has 20 heavy (non-hydrogen) atoms. The molecule has 2 heteroatoms. The lowest BCUT2D eigenvalue weighted by Gasteiger charge is -2.55. The molecule has 0 heterocycles. The minimum absolute atomic E-state index is 0.0451. The first-order chi connectivity index (χ1) is 9.70. The molecule has 0 aliphatic heterocycles. The number of hydrogen-bond acceptors (Lipinski definition) is 2. The van der Waals surface area contributed by atoms with Crippen LogP contribution < -0.4 is 0 Å². The summed E-state index contributed by atoms with van der Waals surface area (Å²) in [6, 6.07) is 0. The zero-order valence-electron chi connectivity index (χ0n) is 12.4. The molecule has 6 saturated carbocycles. The summed E-state index contributed by atoms with van der Waals surface area (Å²) in [6.07, 6.45) is 13.1. The van der Waals surface area contributed by atoms with Crippen molar-refractivity contribution in [3.63, 3.8) is 0 Å². The molecule has 6 rings (SSSR count). The van der Waals surface area contributed by atoms with Crippen LogP contribution in [0.5, 0.6) is 0 Å². The summed E-state index contributed by atoms with van der Waals surface area (Å²) in [5.74, 6) is 4.32. The fraction of sp³-hybridized carbons (Fsp3) is 0.944. The van der Waals surface area contributed by atoms with E-state index in [-0.39, 0.29) is 17.5 Å². The van der Waals surface area contributed by atoms with Crippen LogP contribution in [0.1, 0.15) is 64.2 Å². The minimum Gasteiger partial charge on any atom is -0.462 e. The van der Waals surface area contributed by atoms with Gasteiger partial charge in [0.25, 0.3) is 0 Å². The first kappa shape index (κ1) is 12.1. The summed E-state index contributed by atoms with van der Waals surface area (Å²) < 4.78 is 6.09. The third kappa shape index (κ3) is 1.66. The van der Waals surface area contributed by atoms with Gasteiger partial charge in [-0.2, -0.15) is 0 Å². The van der Waals surface area contributed by atoms with Crippen LogP contribution in [-0.4, -0.2) is 12.1 Å². The van der Waals surface area contributed by atoms with Crippen LogP contribution in [0, 0.1) is 35.0 Å². The van der Waals surface area contributed by atoms with E-state index in [1.165, 1.54) is 44.9 Å². The molecule has 6 aliphatic carbocycles. The van der Waals surface area contributed by atoms with Gasteiger partial charge < -0.3 is 4.74 Å². The first-order valence-corrected chi connectivity index (χ1v) is 8.91. The standard InChI is InChI=1S/C18H26O2/c19-17(20-16-7-11-1-2-15(16)6-11)18-8-12-3-13(9-18)5-14(4-12)10-18/h11-16H,1-10H2. The maximum absolute atomic E-state index is 12.9. The highest BCUT2D eigenvalue weighted by molar-refractivity contribution is 5.77. The quantitative estimate of drug-likeness (QED) is 0.713. The lowest BCUT2D eigenvalue weighted by Crippen LogP contribution is -2.51. The monoisotopic (exact) mass is 274 g/mol. The maximum atomic E-state index is 12.9. The van der Waals surface area contributed by atoms with Crippen LogP contribution >= 0.6 is 0 Å².